The van der Waals surface area contributed by atoms with E-state index in [0.717, 1.165) is 12.1 Å². The van der Waals surface area contributed by atoms with Gasteiger partial charge in [-0.05, 0) is 40.8 Å². The monoisotopic (exact) mass is 261 g/mol. The van der Waals surface area contributed by atoms with E-state index in [2.05, 4.69) is 41.1 Å². The van der Waals surface area contributed by atoms with Gasteiger partial charge in [0.2, 0.25) is 0 Å². The molecule has 0 aliphatic carbocycles. The molecule has 3 heteroatoms. The molecule has 0 saturated carbocycles. The molecule has 0 aliphatic rings. The standard InChI is InChI=1S/C17H15N3/c18-10-13-1-3-14(4-2-13)12-20-8-7-16-6-5-15(11-19)9-17(16)20/h1-9H,11-12,19H2. The van der Waals surface area contributed by atoms with E-state index >= 15 is 0 Å². The smallest absolute Gasteiger partial charge is 0.0991 e. The number of hydrogen-bond acceptors (Lipinski definition) is 2. The minimum Gasteiger partial charge on any atom is -0.343 e. The van der Waals surface area contributed by atoms with Crippen molar-refractivity contribution in [2.75, 3.05) is 0 Å². The maximum absolute atomic E-state index is 8.82. The molecule has 0 fully saturated rings. The second-order valence-electron chi connectivity index (χ2n) is 4.85. The number of benzene rings is 2. The molecule has 1 heterocycles. The Labute approximate surface area is 117 Å². The van der Waals surface area contributed by atoms with E-state index in [4.69, 9.17) is 11.0 Å². The third kappa shape index (κ3) is 2.29. The summed E-state index contributed by atoms with van der Waals surface area (Å²) < 4.78 is 2.20. The molecular weight excluding hydrogens is 246 g/mol. The molecule has 0 amide bonds. The molecular formula is C17H15N3. The highest BCUT2D eigenvalue weighted by Gasteiger charge is 2.03. The zero-order valence-corrected chi connectivity index (χ0v) is 11.1. The van der Waals surface area contributed by atoms with Gasteiger partial charge in [0.25, 0.3) is 0 Å². The third-order valence-electron chi connectivity index (χ3n) is 3.51. The first-order valence-electron chi connectivity index (χ1n) is 6.57. The SMILES string of the molecule is N#Cc1ccc(Cn2ccc3ccc(CN)cc32)cc1. The summed E-state index contributed by atoms with van der Waals surface area (Å²) in [4.78, 5) is 0. The van der Waals surface area contributed by atoms with E-state index in [0.29, 0.717) is 12.1 Å². The van der Waals surface area contributed by atoms with E-state index in [9.17, 15) is 0 Å². The Morgan fingerprint density at radius 1 is 1.00 bits per heavy atom. The van der Waals surface area contributed by atoms with Crippen molar-refractivity contribution in [3.8, 4) is 6.07 Å². The molecule has 2 N–H and O–H groups in total. The summed E-state index contributed by atoms with van der Waals surface area (Å²) in [5.74, 6) is 0. The van der Waals surface area contributed by atoms with Crippen LogP contribution in [0.15, 0.2) is 54.7 Å². The topological polar surface area (TPSA) is 54.7 Å². The highest BCUT2D eigenvalue weighted by Crippen LogP contribution is 2.19. The number of fused-ring (bicyclic) bond motifs is 1. The predicted octanol–water partition coefficient (Wildman–Crippen LogP) is 3.02. The van der Waals surface area contributed by atoms with Gasteiger partial charge in [0.05, 0.1) is 11.6 Å². The molecule has 0 aliphatic heterocycles. The molecule has 0 atom stereocenters. The first-order valence-corrected chi connectivity index (χ1v) is 6.57. The van der Waals surface area contributed by atoms with Gasteiger partial charge in [-0.15, -0.1) is 0 Å². The van der Waals surface area contributed by atoms with Crippen LogP contribution in [0.4, 0.5) is 0 Å². The van der Waals surface area contributed by atoms with Crippen LogP contribution >= 0.6 is 0 Å². The van der Waals surface area contributed by atoms with Crippen molar-refractivity contribution in [1.29, 1.82) is 5.26 Å². The lowest BCUT2D eigenvalue weighted by molar-refractivity contribution is 0.836. The third-order valence-corrected chi connectivity index (χ3v) is 3.51. The minimum atomic E-state index is 0.554. The van der Waals surface area contributed by atoms with Crippen LogP contribution in [0.5, 0.6) is 0 Å². The molecule has 0 unspecified atom stereocenters. The maximum atomic E-state index is 8.82. The first-order chi connectivity index (χ1) is 9.80. The molecule has 98 valence electrons. The van der Waals surface area contributed by atoms with Gasteiger partial charge >= 0.3 is 0 Å². The number of nitrogens with two attached hydrogens (primary N) is 1. The van der Waals surface area contributed by atoms with Gasteiger partial charge in [0.1, 0.15) is 0 Å². The van der Waals surface area contributed by atoms with Gasteiger partial charge in [-0.25, -0.2) is 0 Å². The fourth-order valence-electron chi connectivity index (χ4n) is 2.38. The average Bonchev–Trinajstić information content (AvgIpc) is 2.90. The zero-order chi connectivity index (χ0) is 13.9. The lowest BCUT2D eigenvalue weighted by Gasteiger charge is -2.07. The summed E-state index contributed by atoms with van der Waals surface area (Å²) in [6.45, 7) is 1.35. The molecule has 0 bridgehead atoms. The fraction of sp³-hybridized carbons (Fsp3) is 0.118. The Morgan fingerprint density at radius 3 is 2.45 bits per heavy atom. The number of nitriles is 1. The summed E-state index contributed by atoms with van der Waals surface area (Å²) in [6.07, 6.45) is 2.09. The van der Waals surface area contributed by atoms with E-state index in [1.165, 1.54) is 16.5 Å². The van der Waals surface area contributed by atoms with Crippen LogP contribution in [0.25, 0.3) is 10.9 Å². The number of hydrogen-bond donors (Lipinski definition) is 1. The van der Waals surface area contributed by atoms with Gasteiger partial charge in [-0.1, -0.05) is 24.3 Å². The van der Waals surface area contributed by atoms with Crippen molar-refractivity contribution < 1.29 is 0 Å². The van der Waals surface area contributed by atoms with Crippen LogP contribution < -0.4 is 5.73 Å². The van der Waals surface area contributed by atoms with E-state index < -0.39 is 0 Å². The van der Waals surface area contributed by atoms with Gasteiger partial charge in [0.15, 0.2) is 0 Å². The quantitative estimate of drug-likeness (QED) is 0.788. The Kier molecular flexibility index (Phi) is 3.24. The van der Waals surface area contributed by atoms with Gasteiger partial charge in [-0.2, -0.15) is 5.26 Å². The summed E-state index contributed by atoms with van der Waals surface area (Å²) in [5, 5.41) is 10.0. The summed E-state index contributed by atoms with van der Waals surface area (Å²) >= 11 is 0. The van der Waals surface area contributed by atoms with Crippen LogP contribution in [0.1, 0.15) is 16.7 Å². The van der Waals surface area contributed by atoms with Crippen molar-refractivity contribution in [3.05, 3.63) is 71.4 Å². The Hall–Kier alpha value is -2.57. The normalized spacial score (nSPS) is 10.6. The van der Waals surface area contributed by atoms with Crippen LogP contribution in [0.2, 0.25) is 0 Å². The van der Waals surface area contributed by atoms with Crippen molar-refractivity contribution >= 4 is 10.9 Å². The maximum Gasteiger partial charge on any atom is 0.0991 e. The number of nitrogens with zero attached hydrogens (tertiary/aromatic N) is 2. The Morgan fingerprint density at radius 2 is 1.75 bits per heavy atom. The van der Waals surface area contributed by atoms with Crippen molar-refractivity contribution in [2.45, 2.75) is 13.1 Å². The first kappa shape index (κ1) is 12.5. The highest BCUT2D eigenvalue weighted by molar-refractivity contribution is 5.80. The molecule has 1 aromatic heterocycles. The second kappa shape index (κ2) is 5.20. The number of rotatable bonds is 3. The molecule has 0 saturated heterocycles. The van der Waals surface area contributed by atoms with E-state index in [-0.39, 0.29) is 0 Å². The van der Waals surface area contributed by atoms with Crippen molar-refractivity contribution in [2.24, 2.45) is 5.73 Å². The number of aromatic nitrogens is 1. The molecule has 3 nitrogen and oxygen atoms in total. The predicted molar refractivity (Wildman–Crippen MR) is 80.1 cm³/mol. The average molecular weight is 261 g/mol. The van der Waals surface area contributed by atoms with Gasteiger partial charge < -0.3 is 10.3 Å². The zero-order valence-electron chi connectivity index (χ0n) is 11.1. The van der Waals surface area contributed by atoms with E-state index in [1.54, 1.807) is 0 Å². The van der Waals surface area contributed by atoms with E-state index in [1.807, 2.05) is 24.3 Å². The van der Waals surface area contributed by atoms with Crippen molar-refractivity contribution in [1.82, 2.24) is 4.57 Å². The van der Waals surface area contributed by atoms with Gasteiger partial charge in [-0.3, -0.25) is 0 Å². The van der Waals surface area contributed by atoms with Crippen LogP contribution in [0.3, 0.4) is 0 Å². The van der Waals surface area contributed by atoms with Crippen LogP contribution in [0, 0.1) is 11.3 Å². The molecule has 3 rings (SSSR count). The summed E-state index contributed by atoms with van der Waals surface area (Å²) in [7, 11) is 0. The molecule has 20 heavy (non-hydrogen) atoms. The highest BCUT2D eigenvalue weighted by atomic mass is 14.9. The lowest BCUT2D eigenvalue weighted by atomic mass is 10.1. The molecule has 0 radical (unpaired) electrons. The largest absolute Gasteiger partial charge is 0.343 e. The Balaban J connectivity index is 1.95. The van der Waals surface area contributed by atoms with Crippen molar-refractivity contribution in [3.63, 3.8) is 0 Å². The van der Waals surface area contributed by atoms with Crippen LogP contribution in [-0.4, -0.2) is 4.57 Å². The summed E-state index contributed by atoms with van der Waals surface area (Å²) in [5.41, 5.74) is 9.90. The summed E-state index contributed by atoms with van der Waals surface area (Å²) in [6, 6.07) is 18.3. The second-order valence-corrected chi connectivity index (χ2v) is 4.85. The lowest BCUT2D eigenvalue weighted by Crippen LogP contribution is -2.00. The minimum absolute atomic E-state index is 0.554. The van der Waals surface area contributed by atoms with Crippen LogP contribution in [-0.2, 0) is 13.1 Å². The van der Waals surface area contributed by atoms with Gasteiger partial charge in [0, 0.05) is 24.8 Å². The fourth-order valence-corrected chi connectivity index (χ4v) is 2.38. The molecule has 2 aromatic carbocycles. The molecule has 0 spiro atoms. The molecule has 3 aromatic rings. The Bertz CT molecular complexity index is 776.